The molecule has 0 aromatic heterocycles. The van der Waals surface area contributed by atoms with Crippen molar-refractivity contribution < 1.29 is 14.3 Å². The Bertz CT molecular complexity index is 516. The van der Waals surface area contributed by atoms with Crippen LogP contribution in [0.2, 0.25) is 0 Å². The molecule has 0 aliphatic carbocycles. The van der Waals surface area contributed by atoms with Crippen LogP contribution in [-0.2, 0) is 4.79 Å². The molecule has 5 heteroatoms. The summed E-state index contributed by atoms with van der Waals surface area (Å²) in [5, 5.41) is 0. The van der Waals surface area contributed by atoms with Gasteiger partial charge in [-0.3, -0.25) is 15.0 Å². The van der Waals surface area contributed by atoms with Crippen molar-refractivity contribution in [2.24, 2.45) is 5.41 Å². The number of methoxy groups -OCH3 is 1. The second kappa shape index (κ2) is 6.75. The number of carbonyl (C=O) groups is 2. The third kappa shape index (κ3) is 4.76. The van der Waals surface area contributed by atoms with Gasteiger partial charge in [0.05, 0.1) is 7.11 Å². The summed E-state index contributed by atoms with van der Waals surface area (Å²) >= 11 is 0. The molecule has 20 heavy (non-hydrogen) atoms. The van der Waals surface area contributed by atoms with Crippen molar-refractivity contribution in [2.75, 3.05) is 7.11 Å². The summed E-state index contributed by atoms with van der Waals surface area (Å²) < 4.78 is 5.04. The fraction of sp³-hybridized carbons (Fsp3) is 0.333. The number of rotatable bonds is 5. The molecule has 0 aliphatic heterocycles. The van der Waals surface area contributed by atoms with Crippen LogP contribution in [0.4, 0.5) is 0 Å². The number of amides is 1. The van der Waals surface area contributed by atoms with Gasteiger partial charge in [-0.25, -0.2) is 0 Å². The van der Waals surface area contributed by atoms with Gasteiger partial charge in [0.1, 0.15) is 5.75 Å². The summed E-state index contributed by atoms with van der Waals surface area (Å²) in [7, 11) is 1.54. The SMILES string of the molecule is COc1cccc(C(=O)NNC=CC(=O)C(C)(C)C)c1. The average Bonchev–Trinajstić information content (AvgIpc) is 2.42. The van der Waals surface area contributed by atoms with Gasteiger partial charge in [0.2, 0.25) is 0 Å². The van der Waals surface area contributed by atoms with Gasteiger partial charge in [-0.15, -0.1) is 0 Å². The number of benzene rings is 1. The number of ether oxygens (including phenoxy) is 1. The maximum absolute atomic E-state index is 11.8. The molecule has 0 atom stereocenters. The predicted molar refractivity (Wildman–Crippen MR) is 77.2 cm³/mol. The molecule has 1 amide bonds. The predicted octanol–water partition coefficient (Wildman–Crippen LogP) is 2.06. The minimum atomic E-state index is -0.436. The topological polar surface area (TPSA) is 67.4 Å². The first-order valence-corrected chi connectivity index (χ1v) is 6.25. The van der Waals surface area contributed by atoms with Gasteiger partial charge in [0.25, 0.3) is 5.91 Å². The standard InChI is InChI=1S/C15H20N2O3/c1-15(2,3)13(18)8-9-16-17-14(19)11-6-5-7-12(10-11)20-4/h5-10,16H,1-4H3,(H,17,19). The summed E-state index contributed by atoms with van der Waals surface area (Å²) in [5.41, 5.74) is 5.09. The van der Waals surface area contributed by atoms with Crippen molar-refractivity contribution in [2.45, 2.75) is 20.8 Å². The molecule has 0 saturated heterocycles. The zero-order valence-corrected chi connectivity index (χ0v) is 12.2. The molecule has 0 saturated carbocycles. The monoisotopic (exact) mass is 276 g/mol. The summed E-state index contributed by atoms with van der Waals surface area (Å²) in [6, 6.07) is 6.78. The minimum absolute atomic E-state index is 0.0272. The highest BCUT2D eigenvalue weighted by molar-refractivity contribution is 5.95. The van der Waals surface area contributed by atoms with Gasteiger partial charge in [0, 0.05) is 17.2 Å². The van der Waals surface area contributed by atoms with Crippen LogP contribution in [0.1, 0.15) is 31.1 Å². The summed E-state index contributed by atoms with van der Waals surface area (Å²) in [6.07, 6.45) is 2.80. The highest BCUT2D eigenvalue weighted by Gasteiger charge is 2.17. The Morgan fingerprint density at radius 1 is 1.25 bits per heavy atom. The third-order valence-corrected chi connectivity index (χ3v) is 2.57. The van der Waals surface area contributed by atoms with Crippen LogP contribution >= 0.6 is 0 Å². The van der Waals surface area contributed by atoms with E-state index in [0.29, 0.717) is 11.3 Å². The van der Waals surface area contributed by atoms with E-state index < -0.39 is 5.41 Å². The largest absolute Gasteiger partial charge is 0.497 e. The highest BCUT2D eigenvalue weighted by Crippen LogP contribution is 2.14. The van der Waals surface area contributed by atoms with Crippen LogP contribution in [0.25, 0.3) is 0 Å². The summed E-state index contributed by atoms with van der Waals surface area (Å²) in [4.78, 5) is 23.4. The van der Waals surface area contributed by atoms with E-state index in [2.05, 4.69) is 10.9 Å². The van der Waals surface area contributed by atoms with Crippen molar-refractivity contribution in [1.29, 1.82) is 0 Å². The van der Waals surface area contributed by atoms with Gasteiger partial charge in [-0.2, -0.15) is 0 Å². The van der Waals surface area contributed by atoms with E-state index in [9.17, 15) is 9.59 Å². The van der Waals surface area contributed by atoms with Gasteiger partial charge in [0.15, 0.2) is 5.78 Å². The molecule has 0 spiro atoms. The molecule has 0 aliphatic rings. The normalized spacial score (nSPS) is 11.2. The maximum Gasteiger partial charge on any atom is 0.269 e. The van der Waals surface area contributed by atoms with Crippen LogP contribution in [0, 0.1) is 5.41 Å². The molecule has 0 radical (unpaired) electrons. The van der Waals surface area contributed by atoms with E-state index in [0.717, 1.165) is 0 Å². The molecule has 1 aromatic carbocycles. The quantitative estimate of drug-likeness (QED) is 0.638. The van der Waals surface area contributed by atoms with Gasteiger partial charge in [-0.05, 0) is 24.3 Å². The van der Waals surface area contributed by atoms with E-state index in [-0.39, 0.29) is 11.7 Å². The van der Waals surface area contributed by atoms with E-state index in [1.165, 1.54) is 19.4 Å². The Kier molecular flexibility index (Phi) is 5.32. The Balaban J connectivity index is 2.52. The van der Waals surface area contributed by atoms with Crippen LogP contribution in [0.3, 0.4) is 0 Å². The van der Waals surface area contributed by atoms with Crippen LogP contribution < -0.4 is 15.6 Å². The van der Waals surface area contributed by atoms with Crippen molar-refractivity contribution >= 4 is 11.7 Å². The van der Waals surface area contributed by atoms with Crippen molar-refractivity contribution in [3.8, 4) is 5.75 Å². The molecule has 5 nitrogen and oxygen atoms in total. The molecule has 0 unspecified atom stereocenters. The second-order valence-corrected chi connectivity index (χ2v) is 5.28. The molecule has 1 aromatic rings. The number of allylic oxidation sites excluding steroid dienone is 1. The molecular formula is C15H20N2O3. The number of hydrazine groups is 1. The molecule has 2 N–H and O–H groups in total. The first kappa shape index (κ1) is 15.8. The Morgan fingerprint density at radius 2 is 1.95 bits per heavy atom. The maximum atomic E-state index is 11.8. The summed E-state index contributed by atoms with van der Waals surface area (Å²) in [6.45, 7) is 5.48. The zero-order chi connectivity index (χ0) is 15.2. The fourth-order valence-corrected chi connectivity index (χ4v) is 1.31. The van der Waals surface area contributed by atoms with Crippen LogP contribution in [-0.4, -0.2) is 18.8 Å². The van der Waals surface area contributed by atoms with E-state index in [1.54, 1.807) is 24.3 Å². The van der Waals surface area contributed by atoms with Crippen LogP contribution in [0.15, 0.2) is 36.5 Å². The first-order chi connectivity index (χ1) is 9.34. The van der Waals surface area contributed by atoms with Gasteiger partial charge >= 0.3 is 0 Å². The van der Waals surface area contributed by atoms with E-state index >= 15 is 0 Å². The lowest BCUT2D eigenvalue weighted by Crippen LogP contribution is -2.33. The second-order valence-electron chi connectivity index (χ2n) is 5.28. The van der Waals surface area contributed by atoms with Crippen LogP contribution in [0.5, 0.6) is 5.75 Å². The number of carbonyl (C=O) groups excluding carboxylic acids is 2. The molecule has 0 bridgehead atoms. The minimum Gasteiger partial charge on any atom is -0.497 e. The van der Waals surface area contributed by atoms with Crippen molar-refractivity contribution in [3.63, 3.8) is 0 Å². The molecular weight excluding hydrogens is 256 g/mol. The Morgan fingerprint density at radius 3 is 2.55 bits per heavy atom. The molecule has 1 rings (SSSR count). The third-order valence-electron chi connectivity index (χ3n) is 2.57. The van der Waals surface area contributed by atoms with Gasteiger partial charge in [-0.1, -0.05) is 26.8 Å². The Labute approximate surface area is 119 Å². The number of hydrogen-bond acceptors (Lipinski definition) is 4. The number of nitrogens with one attached hydrogen (secondary N) is 2. The number of ketones is 1. The lowest BCUT2D eigenvalue weighted by molar-refractivity contribution is -0.121. The highest BCUT2D eigenvalue weighted by atomic mass is 16.5. The first-order valence-electron chi connectivity index (χ1n) is 6.25. The lowest BCUT2D eigenvalue weighted by Gasteiger charge is -2.13. The average molecular weight is 276 g/mol. The lowest BCUT2D eigenvalue weighted by atomic mass is 9.91. The smallest absolute Gasteiger partial charge is 0.269 e. The van der Waals surface area contributed by atoms with E-state index in [1.807, 2.05) is 20.8 Å². The fourth-order valence-electron chi connectivity index (χ4n) is 1.31. The molecule has 0 heterocycles. The molecule has 108 valence electrons. The summed E-state index contributed by atoms with van der Waals surface area (Å²) in [5.74, 6) is 0.272. The van der Waals surface area contributed by atoms with E-state index in [4.69, 9.17) is 4.74 Å². The zero-order valence-electron chi connectivity index (χ0n) is 12.2. The molecule has 0 fully saturated rings. The van der Waals surface area contributed by atoms with Crippen molar-refractivity contribution in [3.05, 3.63) is 42.1 Å². The van der Waals surface area contributed by atoms with Gasteiger partial charge < -0.3 is 10.2 Å². The number of hydrogen-bond donors (Lipinski definition) is 2. The Hall–Kier alpha value is -2.30. The van der Waals surface area contributed by atoms with Crippen molar-refractivity contribution in [1.82, 2.24) is 10.9 Å².